The highest BCUT2D eigenvalue weighted by molar-refractivity contribution is 5.31. The summed E-state index contributed by atoms with van der Waals surface area (Å²) in [6.07, 6.45) is -4.17. The van der Waals surface area contributed by atoms with E-state index in [9.17, 15) is 13.2 Å². The number of hydrogen-bond donors (Lipinski definition) is 0. The van der Waals surface area contributed by atoms with E-state index in [0.717, 1.165) is 12.2 Å². The van der Waals surface area contributed by atoms with E-state index >= 15 is 0 Å². The Morgan fingerprint density at radius 2 is 1.70 bits per heavy atom. The average Bonchev–Trinajstić information content (AvgIpc) is 2.84. The van der Waals surface area contributed by atoms with Gasteiger partial charge < -0.3 is 9.47 Å². The molecule has 0 N–H and O–H groups in total. The zero-order valence-electron chi connectivity index (χ0n) is 13.8. The van der Waals surface area contributed by atoms with Crippen molar-refractivity contribution in [1.82, 2.24) is 4.90 Å². The summed E-state index contributed by atoms with van der Waals surface area (Å²) < 4.78 is 48.3. The number of benzene rings is 1. The van der Waals surface area contributed by atoms with Crippen LogP contribution in [-0.4, -0.2) is 42.4 Å². The molecule has 23 heavy (non-hydrogen) atoms. The Balaban J connectivity index is 1.79. The van der Waals surface area contributed by atoms with Crippen LogP contribution in [0.1, 0.15) is 33.6 Å². The number of halogens is 3. The highest BCUT2D eigenvalue weighted by atomic mass is 19.4. The molecule has 0 amide bonds. The molecule has 130 valence electrons. The van der Waals surface area contributed by atoms with Crippen LogP contribution in [0.4, 0.5) is 13.2 Å². The van der Waals surface area contributed by atoms with Gasteiger partial charge >= 0.3 is 6.18 Å². The first kappa shape index (κ1) is 17.9. The van der Waals surface area contributed by atoms with Crippen molar-refractivity contribution in [3.05, 3.63) is 24.3 Å². The van der Waals surface area contributed by atoms with Crippen molar-refractivity contribution in [2.75, 3.05) is 19.6 Å². The van der Waals surface area contributed by atoms with E-state index < -0.39 is 12.6 Å². The minimum Gasteiger partial charge on any atom is -0.489 e. The van der Waals surface area contributed by atoms with Gasteiger partial charge in [-0.2, -0.15) is 13.2 Å². The van der Waals surface area contributed by atoms with E-state index in [1.54, 1.807) is 4.90 Å². The summed E-state index contributed by atoms with van der Waals surface area (Å²) >= 11 is 0. The van der Waals surface area contributed by atoms with Crippen LogP contribution in [0, 0.1) is 0 Å². The van der Waals surface area contributed by atoms with E-state index in [1.165, 1.54) is 0 Å². The Morgan fingerprint density at radius 3 is 2.26 bits per heavy atom. The second-order valence-electron chi connectivity index (χ2n) is 6.88. The van der Waals surface area contributed by atoms with Gasteiger partial charge in [0.05, 0.1) is 6.42 Å². The smallest absolute Gasteiger partial charge is 0.390 e. The van der Waals surface area contributed by atoms with Crippen LogP contribution in [0.25, 0.3) is 0 Å². The van der Waals surface area contributed by atoms with Gasteiger partial charge in [-0.25, -0.2) is 0 Å². The quantitative estimate of drug-likeness (QED) is 0.804. The Hall–Kier alpha value is -1.43. The maximum Gasteiger partial charge on any atom is 0.390 e. The molecule has 0 bridgehead atoms. The monoisotopic (exact) mass is 331 g/mol. The van der Waals surface area contributed by atoms with E-state index in [4.69, 9.17) is 9.47 Å². The molecule has 1 aromatic carbocycles. The van der Waals surface area contributed by atoms with Gasteiger partial charge in [-0.15, -0.1) is 0 Å². The van der Waals surface area contributed by atoms with Crippen molar-refractivity contribution in [2.24, 2.45) is 0 Å². The fourth-order valence-corrected chi connectivity index (χ4v) is 2.51. The van der Waals surface area contributed by atoms with Crippen molar-refractivity contribution < 1.29 is 22.6 Å². The zero-order chi connectivity index (χ0) is 17.1. The summed E-state index contributed by atoms with van der Waals surface area (Å²) in [5.41, 5.74) is -0.257. The summed E-state index contributed by atoms with van der Waals surface area (Å²) in [4.78, 5) is 1.80. The molecule has 1 aromatic rings. The first-order chi connectivity index (χ1) is 10.6. The van der Waals surface area contributed by atoms with Crippen LogP contribution in [-0.2, 0) is 0 Å². The van der Waals surface area contributed by atoms with E-state index in [2.05, 4.69) is 0 Å². The predicted octanol–water partition coefficient (Wildman–Crippen LogP) is 4.27. The molecule has 0 aromatic heterocycles. The van der Waals surface area contributed by atoms with Gasteiger partial charge in [-0.1, -0.05) is 0 Å². The van der Waals surface area contributed by atoms with Crippen LogP contribution in [0.3, 0.4) is 0 Å². The van der Waals surface area contributed by atoms with E-state index in [-0.39, 0.29) is 18.2 Å². The summed E-state index contributed by atoms with van der Waals surface area (Å²) in [5.74, 6) is 1.48. The molecule has 2 rings (SSSR count). The average molecular weight is 331 g/mol. The van der Waals surface area contributed by atoms with Crippen molar-refractivity contribution in [1.29, 1.82) is 0 Å². The lowest BCUT2D eigenvalue weighted by molar-refractivity contribution is -0.137. The molecule has 1 unspecified atom stereocenters. The Kier molecular flexibility index (Phi) is 5.45. The number of ether oxygens (including phenoxy) is 2. The largest absolute Gasteiger partial charge is 0.489 e. The SMILES string of the molecule is CC(C)(C)Oc1ccc(OC2CCN(CCC(F)(F)F)C2)cc1. The second-order valence-corrected chi connectivity index (χ2v) is 6.88. The molecular weight excluding hydrogens is 307 g/mol. The van der Waals surface area contributed by atoms with Gasteiger partial charge in [0.2, 0.25) is 0 Å². The maximum absolute atomic E-state index is 12.2. The fraction of sp³-hybridized carbons (Fsp3) is 0.647. The standard InChI is InChI=1S/C17H24F3NO2/c1-16(2,3)23-14-6-4-13(5-7-14)22-15-8-10-21(12-15)11-9-17(18,19)20/h4-7,15H,8-12H2,1-3H3. The molecule has 0 radical (unpaired) electrons. The van der Waals surface area contributed by atoms with Crippen LogP contribution < -0.4 is 9.47 Å². The molecule has 0 saturated carbocycles. The first-order valence-corrected chi connectivity index (χ1v) is 7.86. The minimum atomic E-state index is -4.10. The topological polar surface area (TPSA) is 21.7 Å². The van der Waals surface area contributed by atoms with Crippen LogP contribution in [0.15, 0.2) is 24.3 Å². The molecule has 0 spiro atoms. The van der Waals surface area contributed by atoms with Crippen LogP contribution in [0.2, 0.25) is 0 Å². The second kappa shape index (κ2) is 6.99. The number of alkyl halides is 3. The number of nitrogens with zero attached hydrogens (tertiary/aromatic N) is 1. The van der Waals surface area contributed by atoms with Gasteiger partial charge in [0.15, 0.2) is 0 Å². The molecular formula is C17H24F3NO2. The van der Waals surface area contributed by atoms with Gasteiger partial charge in [0.1, 0.15) is 23.2 Å². The molecule has 6 heteroatoms. The highest BCUT2D eigenvalue weighted by Gasteiger charge is 2.30. The third-order valence-corrected chi connectivity index (χ3v) is 3.49. The lowest BCUT2D eigenvalue weighted by atomic mass is 10.2. The Morgan fingerprint density at radius 1 is 1.09 bits per heavy atom. The molecule has 1 aliphatic rings. The molecule has 1 atom stereocenters. The van der Waals surface area contributed by atoms with Gasteiger partial charge in [-0.3, -0.25) is 4.90 Å². The van der Waals surface area contributed by atoms with Crippen molar-refractivity contribution in [2.45, 2.75) is 51.5 Å². The molecule has 0 aliphatic carbocycles. The Bertz CT molecular complexity index is 494. The van der Waals surface area contributed by atoms with Crippen molar-refractivity contribution >= 4 is 0 Å². The third kappa shape index (κ3) is 6.69. The van der Waals surface area contributed by atoms with Gasteiger partial charge in [0.25, 0.3) is 0 Å². The number of hydrogen-bond acceptors (Lipinski definition) is 3. The summed E-state index contributed by atoms with van der Waals surface area (Å²) in [5, 5.41) is 0. The minimum absolute atomic E-state index is 0.0434. The predicted molar refractivity (Wildman–Crippen MR) is 83.0 cm³/mol. The van der Waals surface area contributed by atoms with Crippen molar-refractivity contribution in [3.63, 3.8) is 0 Å². The summed E-state index contributed by atoms with van der Waals surface area (Å²) in [6.45, 7) is 7.16. The summed E-state index contributed by atoms with van der Waals surface area (Å²) in [6, 6.07) is 7.35. The number of rotatable bonds is 5. The van der Waals surface area contributed by atoms with Gasteiger partial charge in [0, 0.05) is 19.6 Å². The lowest BCUT2D eigenvalue weighted by Gasteiger charge is -2.21. The third-order valence-electron chi connectivity index (χ3n) is 3.49. The number of likely N-dealkylation sites (tertiary alicyclic amines) is 1. The fourth-order valence-electron chi connectivity index (χ4n) is 2.51. The molecule has 1 heterocycles. The van der Waals surface area contributed by atoms with E-state index in [0.29, 0.717) is 18.8 Å². The summed E-state index contributed by atoms with van der Waals surface area (Å²) in [7, 11) is 0. The zero-order valence-corrected chi connectivity index (χ0v) is 13.8. The first-order valence-electron chi connectivity index (χ1n) is 7.86. The van der Waals surface area contributed by atoms with E-state index in [1.807, 2.05) is 45.0 Å². The van der Waals surface area contributed by atoms with Crippen LogP contribution >= 0.6 is 0 Å². The highest BCUT2D eigenvalue weighted by Crippen LogP contribution is 2.25. The molecule has 1 fully saturated rings. The van der Waals surface area contributed by atoms with Gasteiger partial charge in [-0.05, 0) is 51.5 Å². The Labute approximate surface area is 135 Å². The van der Waals surface area contributed by atoms with Crippen molar-refractivity contribution in [3.8, 4) is 11.5 Å². The molecule has 1 saturated heterocycles. The maximum atomic E-state index is 12.2. The lowest BCUT2D eigenvalue weighted by Crippen LogP contribution is -2.28. The normalized spacial score (nSPS) is 19.8. The molecule has 3 nitrogen and oxygen atoms in total. The molecule has 1 aliphatic heterocycles. The van der Waals surface area contributed by atoms with Crippen LogP contribution in [0.5, 0.6) is 11.5 Å².